The van der Waals surface area contributed by atoms with Gasteiger partial charge in [-0.05, 0) is 32.3 Å². The number of nitrogens with one attached hydrogen (secondary N) is 4. The second kappa shape index (κ2) is 8.66. The van der Waals surface area contributed by atoms with E-state index in [0.717, 1.165) is 23.8 Å². The van der Waals surface area contributed by atoms with Crippen LogP contribution in [0.2, 0.25) is 5.02 Å². The summed E-state index contributed by atoms with van der Waals surface area (Å²) in [4.78, 5) is 40.8. The second-order valence-corrected chi connectivity index (χ2v) is 7.69. The zero-order valence-electron chi connectivity index (χ0n) is 16.4. The average Bonchev–Trinajstić information content (AvgIpc) is 3.04. The predicted molar refractivity (Wildman–Crippen MR) is 114 cm³/mol. The number of rotatable bonds is 5. The number of amides is 2. The van der Waals surface area contributed by atoms with E-state index in [4.69, 9.17) is 11.6 Å². The van der Waals surface area contributed by atoms with E-state index in [1.165, 1.54) is 0 Å². The Morgan fingerprint density at radius 3 is 3.03 bits per heavy atom. The number of halogens is 1. The molecule has 1 aliphatic rings. The van der Waals surface area contributed by atoms with Crippen molar-refractivity contribution in [2.75, 3.05) is 11.9 Å². The zero-order chi connectivity index (χ0) is 21.1. The normalized spacial score (nSPS) is 17.8. The van der Waals surface area contributed by atoms with Crippen molar-refractivity contribution in [3.63, 3.8) is 0 Å². The highest BCUT2D eigenvalue weighted by atomic mass is 35.5. The molecule has 4 heterocycles. The fourth-order valence-electron chi connectivity index (χ4n) is 3.42. The molecule has 4 rings (SSSR count). The number of aromatic nitrogens is 4. The quantitative estimate of drug-likeness (QED) is 0.495. The first-order valence-corrected chi connectivity index (χ1v) is 10.2. The van der Waals surface area contributed by atoms with E-state index >= 15 is 0 Å². The molecule has 1 aliphatic heterocycles. The van der Waals surface area contributed by atoms with Crippen molar-refractivity contribution in [1.82, 2.24) is 30.6 Å². The number of aromatic amines is 1. The van der Waals surface area contributed by atoms with Crippen molar-refractivity contribution in [1.29, 1.82) is 0 Å². The number of hydrogen-bond acceptors (Lipinski definition) is 6. The molecule has 0 radical (unpaired) electrons. The van der Waals surface area contributed by atoms with Crippen LogP contribution >= 0.6 is 11.6 Å². The summed E-state index contributed by atoms with van der Waals surface area (Å²) in [5, 5.41) is 10.0. The van der Waals surface area contributed by atoms with Crippen LogP contribution < -0.4 is 16.0 Å². The topological polar surface area (TPSA) is 125 Å². The van der Waals surface area contributed by atoms with Crippen LogP contribution in [0.25, 0.3) is 22.3 Å². The second-order valence-electron chi connectivity index (χ2n) is 7.26. The Hall–Kier alpha value is -3.20. The Morgan fingerprint density at radius 2 is 2.17 bits per heavy atom. The highest BCUT2D eigenvalue weighted by molar-refractivity contribution is 6.31. The summed E-state index contributed by atoms with van der Waals surface area (Å²) in [6, 6.07) is 0.709. The maximum absolute atomic E-state index is 12.6. The van der Waals surface area contributed by atoms with Crippen molar-refractivity contribution in [2.24, 2.45) is 0 Å². The molecule has 2 amide bonds. The number of carbonyl (C=O) groups excluding carboxylic acids is 2. The molecule has 1 fully saturated rings. The van der Waals surface area contributed by atoms with Gasteiger partial charge in [-0.25, -0.2) is 9.97 Å². The van der Waals surface area contributed by atoms with Gasteiger partial charge >= 0.3 is 0 Å². The third-order valence-corrected chi connectivity index (χ3v) is 5.22. The van der Waals surface area contributed by atoms with Crippen molar-refractivity contribution < 1.29 is 9.59 Å². The molecule has 1 saturated heterocycles. The standard InChI is InChI=1S/C20H22ClN7O2/c1-11(19(29)28-15-4-2-3-5-23-20(15)30)26-17-10-22-9-16(27-17)14-8-25-18-13(14)6-12(21)7-24-18/h6-11,15H,2-5H2,1H3,(H,23,30)(H,24,25)(H,26,27)(H,28,29)/t11-,15?/m1/s1. The van der Waals surface area contributed by atoms with Crippen LogP contribution in [-0.2, 0) is 9.59 Å². The van der Waals surface area contributed by atoms with Gasteiger partial charge in [0.05, 0.1) is 23.1 Å². The van der Waals surface area contributed by atoms with E-state index in [1.807, 2.05) is 6.07 Å². The lowest BCUT2D eigenvalue weighted by Crippen LogP contribution is -2.49. The van der Waals surface area contributed by atoms with Crippen LogP contribution in [0.3, 0.4) is 0 Å². The molecule has 0 aliphatic carbocycles. The predicted octanol–water partition coefficient (Wildman–Crippen LogP) is 2.26. The summed E-state index contributed by atoms with van der Waals surface area (Å²) < 4.78 is 0. The Kier molecular flexibility index (Phi) is 5.80. The summed E-state index contributed by atoms with van der Waals surface area (Å²) in [5.74, 6) is 0.0404. The Morgan fingerprint density at radius 1 is 1.30 bits per heavy atom. The molecule has 3 aromatic heterocycles. The maximum atomic E-state index is 12.6. The summed E-state index contributed by atoms with van der Waals surface area (Å²) in [6.45, 7) is 2.36. The van der Waals surface area contributed by atoms with Gasteiger partial charge in [0.1, 0.15) is 23.5 Å². The van der Waals surface area contributed by atoms with E-state index in [1.54, 1.807) is 31.7 Å². The van der Waals surface area contributed by atoms with Crippen LogP contribution in [0.15, 0.2) is 30.9 Å². The lowest BCUT2D eigenvalue weighted by molar-refractivity contribution is -0.129. The van der Waals surface area contributed by atoms with Gasteiger partial charge in [-0.1, -0.05) is 11.6 Å². The molecule has 2 atom stereocenters. The Bertz CT molecular complexity index is 1080. The molecule has 4 N–H and O–H groups in total. The average molecular weight is 428 g/mol. The van der Waals surface area contributed by atoms with Gasteiger partial charge in [0.15, 0.2) is 0 Å². The third kappa shape index (κ3) is 4.35. The highest BCUT2D eigenvalue weighted by Gasteiger charge is 2.24. The monoisotopic (exact) mass is 427 g/mol. The van der Waals surface area contributed by atoms with Gasteiger partial charge in [-0.15, -0.1) is 0 Å². The molecule has 30 heavy (non-hydrogen) atoms. The van der Waals surface area contributed by atoms with Gasteiger partial charge < -0.3 is 20.9 Å². The van der Waals surface area contributed by atoms with E-state index in [-0.39, 0.29) is 11.8 Å². The van der Waals surface area contributed by atoms with Crippen LogP contribution in [0.4, 0.5) is 5.82 Å². The molecule has 0 aromatic carbocycles. The van der Waals surface area contributed by atoms with Crippen molar-refractivity contribution in [2.45, 2.75) is 38.3 Å². The first-order valence-electron chi connectivity index (χ1n) is 9.81. The highest BCUT2D eigenvalue weighted by Crippen LogP contribution is 2.28. The van der Waals surface area contributed by atoms with Gasteiger partial charge in [0.25, 0.3) is 0 Å². The SMILES string of the molecule is C[C@@H](Nc1cncc(-c2c[nH]c3ncc(Cl)cc23)n1)C(=O)NC1CCCCNC1=O. The van der Waals surface area contributed by atoms with E-state index < -0.39 is 12.1 Å². The smallest absolute Gasteiger partial charge is 0.242 e. The van der Waals surface area contributed by atoms with Crippen LogP contribution in [0.1, 0.15) is 26.2 Å². The summed E-state index contributed by atoms with van der Waals surface area (Å²) in [7, 11) is 0. The Labute approximate surface area is 178 Å². The van der Waals surface area contributed by atoms with E-state index in [9.17, 15) is 9.59 Å². The molecular weight excluding hydrogens is 406 g/mol. The molecule has 156 valence electrons. The number of H-pyrrole nitrogens is 1. The van der Waals surface area contributed by atoms with E-state index in [0.29, 0.717) is 35.1 Å². The van der Waals surface area contributed by atoms with Gasteiger partial charge in [0.2, 0.25) is 11.8 Å². The minimum absolute atomic E-state index is 0.138. The lowest BCUT2D eigenvalue weighted by atomic mass is 10.1. The van der Waals surface area contributed by atoms with Crippen molar-refractivity contribution >= 4 is 40.3 Å². The van der Waals surface area contributed by atoms with Gasteiger partial charge in [0, 0.05) is 29.9 Å². The molecular formula is C20H22ClN7O2. The number of anilines is 1. The van der Waals surface area contributed by atoms with Crippen molar-refractivity contribution in [3.8, 4) is 11.3 Å². The summed E-state index contributed by atoms with van der Waals surface area (Å²) in [6.07, 6.45) is 8.99. The molecule has 0 saturated carbocycles. The van der Waals surface area contributed by atoms with Gasteiger partial charge in [-0.3, -0.25) is 14.6 Å². The fourth-order valence-corrected chi connectivity index (χ4v) is 3.57. The maximum Gasteiger partial charge on any atom is 0.242 e. The number of nitrogens with zero attached hydrogens (tertiary/aromatic N) is 3. The summed E-state index contributed by atoms with van der Waals surface area (Å²) >= 11 is 6.07. The van der Waals surface area contributed by atoms with Crippen LogP contribution in [0, 0.1) is 0 Å². The third-order valence-electron chi connectivity index (χ3n) is 5.02. The molecule has 9 nitrogen and oxygen atoms in total. The molecule has 0 bridgehead atoms. The molecule has 10 heteroatoms. The molecule has 0 spiro atoms. The Balaban J connectivity index is 1.48. The number of hydrogen-bond donors (Lipinski definition) is 4. The fraction of sp³-hybridized carbons (Fsp3) is 0.350. The van der Waals surface area contributed by atoms with Crippen molar-refractivity contribution in [3.05, 3.63) is 35.9 Å². The minimum Gasteiger partial charge on any atom is -0.357 e. The molecule has 3 aromatic rings. The first kappa shape index (κ1) is 20.1. The number of carbonyl (C=O) groups is 2. The van der Waals surface area contributed by atoms with Crippen LogP contribution in [0.5, 0.6) is 0 Å². The van der Waals surface area contributed by atoms with Gasteiger partial charge in [-0.2, -0.15) is 0 Å². The number of pyridine rings is 1. The first-order chi connectivity index (χ1) is 14.5. The largest absolute Gasteiger partial charge is 0.357 e. The lowest BCUT2D eigenvalue weighted by Gasteiger charge is -2.19. The zero-order valence-corrected chi connectivity index (χ0v) is 17.2. The van der Waals surface area contributed by atoms with E-state index in [2.05, 4.69) is 35.9 Å². The minimum atomic E-state index is -0.593. The summed E-state index contributed by atoms with van der Waals surface area (Å²) in [5.41, 5.74) is 2.12. The van der Waals surface area contributed by atoms with Crippen LogP contribution in [-0.4, -0.2) is 50.4 Å². The molecule has 1 unspecified atom stereocenters. The number of fused-ring (bicyclic) bond motifs is 1.